The average Bonchev–Trinajstić information content (AvgIpc) is 2.50. The molecule has 1 heterocycles. The summed E-state index contributed by atoms with van der Waals surface area (Å²) in [6.07, 6.45) is 0.889. The quantitative estimate of drug-likeness (QED) is 0.633. The fourth-order valence-corrected chi connectivity index (χ4v) is 1.22. The van der Waals surface area contributed by atoms with Crippen LogP contribution in [0.25, 0.3) is 0 Å². The number of carbonyl (C=O) groups excluding carboxylic acids is 2. The van der Waals surface area contributed by atoms with Gasteiger partial charge in [-0.15, -0.1) is 0 Å². The second-order valence-corrected chi connectivity index (χ2v) is 3.16. The molecule has 2 amide bonds. The molecule has 6 heteroatoms. The molecule has 1 aliphatic rings. The largest absolute Gasteiger partial charge is 0.381 e. The monoisotopic (exact) mass is 213 g/mol. The highest BCUT2D eigenvalue weighted by molar-refractivity contribution is 6.04. The van der Waals surface area contributed by atoms with E-state index in [1.807, 2.05) is 6.92 Å². The number of nitrogens with one attached hydrogen (secondary N) is 2. The zero-order valence-corrected chi connectivity index (χ0v) is 8.71. The number of ether oxygens (including phenoxy) is 1. The zero-order chi connectivity index (χ0) is 11.3. The Labute approximate surface area is 88.1 Å². The molecule has 0 unspecified atom stereocenters. The molecule has 0 aromatic heterocycles. The van der Waals surface area contributed by atoms with E-state index >= 15 is 0 Å². The molecule has 0 radical (unpaired) electrons. The lowest BCUT2D eigenvalue weighted by Crippen LogP contribution is -2.45. The van der Waals surface area contributed by atoms with Gasteiger partial charge in [-0.1, -0.05) is 0 Å². The lowest BCUT2D eigenvalue weighted by atomic mass is 10.4. The van der Waals surface area contributed by atoms with Crippen molar-refractivity contribution in [1.82, 2.24) is 10.4 Å². The van der Waals surface area contributed by atoms with Crippen molar-refractivity contribution in [2.45, 2.75) is 26.2 Å². The number of carbonyl (C=O) groups is 2. The van der Waals surface area contributed by atoms with Gasteiger partial charge in [-0.05, 0) is 6.92 Å². The Balaban J connectivity index is 2.31. The third kappa shape index (κ3) is 3.32. The maximum atomic E-state index is 11.3. The van der Waals surface area contributed by atoms with Crippen LogP contribution in [0.1, 0.15) is 26.2 Å². The lowest BCUT2D eigenvalue weighted by Gasteiger charge is -2.16. The topological polar surface area (TPSA) is 82.5 Å². The first-order chi connectivity index (χ1) is 7.15. The van der Waals surface area contributed by atoms with Crippen LogP contribution in [-0.4, -0.2) is 35.9 Å². The van der Waals surface area contributed by atoms with Gasteiger partial charge in [0.1, 0.15) is 5.84 Å². The summed E-state index contributed by atoms with van der Waals surface area (Å²) in [5, 5.41) is 8.41. The van der Waals surface area contributed by atoms with E-state index in [9.17, 15) is 9.59 Å². The predicted molar refractivity (Wildman–Crippen MR) is 53.1 cm³/mol. The van der Waals surface area contributed by atoms with Gasteiger partial charge in [-0.3, -0.25) is 20.4 Å². The smallest absolute Gasteiger partial charge is 0.247 e. The molecule has 1 fully saturated rings. The molecule has 84 valence electrons. The van der Waals surface area contributed by atoms with Crippen molar-refractivity contribution in [2.24, 2.45) is 0 Å². The molecule has 1 rings (SSSR count). The van der Waals surface area contributed by atoms with Crippen LogP contribution in [0.15, 0.2) is 0 Å². The fraction of sp³-hybridized carbons (Fsp3) is 0.667. The third-order valence-corrected chi connectivity index (χ3v) is 2.01. The van der Waals surface area contributed by atoms with E-state index in [0.29, 0.717) is 26.1 Å². The van der Waals surface area contributed by atoms with Crippen molar-refractivity contribution in [3.8, 4) is 0 Å². The zero-order valence-electron chi connectivity index (χ0n) is 8.71. The van der Waals surface area contributed by atoms with Crippen molar-refractivity contribution < 1.29 is 14.3 Å². The number of amides is 2. The van der Waals surface area contributed by atoms with Crippen LogP contribution < -0.4 is 5.43 Å². The minimum atomic E-state index is -0.302. The third-order valence-electron chi connectivity index (χ3n) is 2.01. The van der Waals surface area contributed by atoms with Crippen molar-refractivity contribution >= 4 is 17.6 Å². The maximum Gasteiger partial charge on any atom is 0.247 e. The van der Waals surface area contributed by atoms with Gasteiger partial charge in [-0.25, -0.2) is 5.01 Å². The second kappa shape index (κ2) is 5.45. The summed E-state index contributed by atoms with van der Waals surface area (Å²) >= 11 is 0. The molecule has 0 atom stereocenters. The van der Waals surface area contributed by atoms with Gasteiger partial charge in [0.2, 0.25) is 11.8 Å². The number of rotatable bonds is 5. The van der Waals surface area contributed by atoms with Gasteiger partial charge >= 0.3 is 0 Å². The molecule has 15 heavy (non-hydrogen) atoms. The highest BCUT2D eigenvalue weighted by Gasteiger charge is 2.27. The maximum absolute atomic E-state index is 11.3. The SMILES string of the molecule is CCOCCC(=O)NN1C(=N)CCC1=O. The van der Waals surface area contributed by atoms with E-state index in [4.69, 9.17) is 10.1 Å². The Morgan fingerprint density at radius 3 is 2.87 bits per heavy atom. The summed E-state index contributed by atoms with van der Waals surface area (Å²) in [5.74, 6) is -0.391. The van der Waals surface area contributed by atoms with E-state index in [-0.39, 0.29) is 24.1 Å². The van der Waals surface area contributed by atoms with Crippen LogP contribution >= 0.6 is 0 Å². The van der Waals surface area contributed by atoms with Crippen LogP contribution in [0.4, 0.5) is 0 Å². The molecule has 1 saturated heterocycles. The van der Waals surface area contributed by atoms with Crippen LogP contribution in [0.3, 0.4) is 0 Å². The summed E-state index contributed by atoms with van der Waals surface area (Å²) in [7, 11) is 0. The van der Waals surface area contributed by atoms with Crippen LogP contribution in [0.2, 0.25) is 0 Å². The molecule has 1 aliphatic heterocycles. The first kappa shape index (κ1) is 11.6. The predicted octanol–water partition coefficient (Wildman–Crippen LogP) is 0.0439. The minimum Gasteiger partial charge on any atom is -0.381 e. The van der Waals surface area contributed by atoms with Crippen molar-refractivity contribution in [3.63, 3.8) is 0 Å². The van der Waals surface area contributed by atoms with E-state index in [0.717, 1.165) is 5.01 Å². The average molecular weight is 213 g/mol. The number of hydrogen-bond acceptors (Lipinski definition) is 4. The number of nitrogens with zero attached hydrogens (tertiary/aromatic N) is 1. The Kier molecular flexibility index (Phi) is 4.23. The van der Waals surface area contributed by atoms with Crippen molar-refractivity contribution in [1.29, 1.82) is 5.41 Å². The Bertz CT molecular complexity index is 262. The summed E-state index contributed by atoms with van der Waals surface area (Å²) in [4.78, 5) is 22.5. The van der Waals surface area contributed by atoms with Gasteiger partial charge < -0.3 is 4.74 Å². The van der Waals surface area contributed by atoms with Crippen molar-refractivity contribution in [3.05, 3.63) is 0 Å². The van der Waals surface area contributed by atoms with Crippen molar-refractivity contribution in [2.75, 3.05) is 13.2 Å². The standard InChI is InChI=1S/C9H15N3O3/c1-2-15-6-5-8(13)11-12-7(10)3-4-9(12)14/h10H,2-6H2,1H3,(H,11,13). The number of hydrogen-bond donors (Lipinski definition) is 2. The Hall–Kier alpha value is -1.43. The lowest BCUT2D eigenvalue weighted by molar-refractivity contribution is -0.135. The molecule has 0 aliphatic carbocycles. The summed E-state index contributed by atoms with van der Waals surface area (Å²) in [6.45, 7) is 2.74. The summed E-state index contributed by atoms with van der Waals surface area (Å²) in [6, 6.07) is 0. The molecular formula is C9H15N3O3. The van der Waals surface area contributed by atoms with Gasteiger partial charge in [0.15, 0.2) is 0 Å². The van der Waals surface area contributed by atoms with Gasteiger partial charge in [0, 0.05) is 19.4 Å². The van der Waals surface area contributed by atoms with E-state index < -0.39 is 0 Å². The molecule has 0 bridgehead atoms. The van der Waals surface area contributed by atoms with Crippen LogP contribution in [-0.2, 0) is 14.3 Å². The molecule has 0 spiro atoms. The summed E-state index contributed by atoms with van der Waals surface area (Å²) in [5.41, 5.74) is 2.38. The van der Waals surface area contributed by atoms with Gasteiger partial charge in [0.25, 0.3) is 0 Å². The fourth-order valence-electron chi connectivity index (χ4n) is 1.22. The minimum absolute atomic E-state index is 0.143. The molecule has 0 aromatic rings. The number of amidine groups is 1. The second-order valence-electron chi connectivity index (χ2n) is 3.16. The highest BCUT2D eigenvalue weighted by Crippen LogP contribution is 2.08. The van der Waals surface area contributed by atoms with Crippen LogP contribution in [0, 0.1) is 5.41 Å². The normalized spacial score (nSPS) is 15.9. The first-order valence-electron chi connectivity index (χ1n) is 4.92. The molecule has 6 nitrogen and oxygen atoms in total. The van der Waals surface area contributed by atoms with E-state index in [2.05, 4.69) is 5.43 Å². The molecular weight excluding hydrogens is 198 g/mol. The first-order valence-corrected chi connectivity index (χ1v) is 4.92. The number of hydrazine groups is 1. The summed E-state index contributed by atoms with van der Waals surface area (Å²) < 4.78 is 5.00. The van der Waals surface area contributed by atoms with Gasteiger partial charge in [0.05, 0.1) is 13.0 Å². The Morgan fingerprint density at radius 2 is 2.33 bits per heavy atom. The molecule has 2 N–H and O–H groups in total. The van der Waals surface area contributed by atoms with Gasteiger partial charge in [-0.2, -0.15) is 0 Å². The van der Waals surface area contributed by atoms with Crippen LogP contribution in [0.5, 0.6) is 0 Å². The molecule has 0 aromatic carbocycles. The Morgan fingerprint density at radius 1 is 1.60 bits per heavy atom. The van der Waals surface area contributed by atoms with E-state index in [1.165, 1.54) is 0 Å². The van der Waals surface area contributed by atoms with E-state index in [1.54, 1.807) is 0 Å². The highest BCUT2D eigenvalue weighted by atomic mass is 16.5. The molecule has 0 saturated carbocycles.